The van der Waals surface area contributed by atoms with E-state index >= 15 is 0 Å². The number of rotatable bonds is 4. The Morgan fingerprint density at radius 1 is 1.21 bits per heavy atom. The summed E-state index contributed by atoms with van der Waals surface area (Å²) in [6.07, 6.45) is 1.55. The minimum atomic E-state index is 0.569. The fraction of sp³-hybridized carbons (Fsp3) is 0.412. The van der Waals surface area contributed by atoms with Crippen LogP contribution in [-0.4, -0.2) is 47.6 Å². The van der Waals surface area contributed by atoms with Crippen molar-refractivity contribution >= 4 is 34.6 Å². The highest BCUT2D eigenvalue weighted by Crippen LogP contribution is 2.30. The van der Waals surface area contributed by atoms with Crippen LogP contribution in [-0.2, 0) is 0 Å². The van der Waals surface area contributed by atoms with Crippen molar-refractivity contribution in [2.24, 2.45) is 0 Å². The fourth-order valence-corrected chi connectivity index (χ4v) is 3.00. The third-order valence-corrected chi connectivity index (χ3v) is 4.82. The molecule has 2 aromatic rings. The van der Waals surface area contributed by atoms with Crippen molar-refractivity contribution in [1.29, 1.82) is 0 Å². The number of halogens is 1. The smallest absolute Gasteiger partial charge is 0.159 e. The molecule has 6 nitrogen and oxygen atoms in total. The number of benzene rings is 1. The van der Waals surface area contributed by atoms with Crippen LogP contribution in [0.3, 0.4) is 0 Å². The Hall–Kier alpha value is -2.05. The first kappa shape index (κ1) is 16.8. The van der Waals surface area contributed by atoms with Crippen molar-refractivity contribution in [1.82, 2.24) is 14.9 Å². The van der Waals surface area contributed by atoms with Crippen LogP contribution >= 0.6 is 11.6 Å². The zero-order valence-corrected chi connectivity index (χ0v) is 14.8. The topological polar surface area (TPSA) is 70.3 Å². The lowest BCUT2D eigenvalue weighted by Gasteiger charge is -2.35. The van der Waals surface area contributed by atoms with E-state index in [4.69, 9.17) is 17.3 Å². The molecule has 7 heteroatoms. The predicted molar refractivity (Wildman–Crippen MR) is 100 cm³/mol. The Kier molecular flexibility index (Phi) is 5.06. The molecule has 0 saturated carbocycles. The van der Waals surface area contributed by atoms with E-state index in [0.717, 1.165) is 49.8 Å². The number of anilines is 4. The van der Waals surface area contributed by atoms with Crippen LogP contribution in [0.4, 0.5) is 23.0 Å². The van der Waals surface area contributed by atoms with E-state index in [2.05, 4.69) is 32.0 Å². The quantitative estimate of drug-likeness (QED) is 0.887. The first-order chi connectivity index (χ1) is 11.6. The maximum absolute atomic E-state index is 6.32. The Bertz CT molecular complexity index is 712. The fourth-order valence-electron chi connectivity index (χ4n) is 2.82. The number of likely N-dealkylation sites (N-methyl/N-ethyl adjacent to an activating group) is 1. The molecule has 0 bridgehead atoms. The Morgan fingerprint density at radius 2 is 1.96 bits per heavy atom. The van der Waals surface area contributed by atoms with Gasteiger partial charge in [-0.2, -0.15) is 0 Å². The Morgan fingerprint density at radius 3 is 2.62 bits per heavy atom. The third-order valence-electron chi connectivity index (χ3n) is 4.42. The summed E-state index contributed by atoms with van der Waals surface area (Å²) in [6.45, 7) is 9.12. The van der Waals surface area contributed by atoms with Crippen molar-refractivity contribution in [2.75, 3.05) is 48.7 Å². The highest BCUT2D eigenvalue weighted by molar-refractivity contribution is 6.31. The van der Waals surface area contributed by atoms with Gasteiger partial charge in [0.05, 0.1) is 0 Å². The second-order valence-corrected chi connectivity index (χ2v) is 6.38. The van der Waals surface area contributed by atoms with Gasteiger partial charge in [0.1, 0.15) is 12.0 Å². The van der Waals surface area contributed by atoms with Gasteiger partial charge in [-0.1, -0.05) is 24.6 Å². The SMILES string of the molecule is CCN1CCN(c2ncnc(Nc3ccc(C)c(Cl)c3)c2N)CC1. The van der Waals surface area contributed by atoms with Crippen molar-refractivity contribution < 1.29 is 0 Å². The average Bonchev–Trinajstić information content (AvgIpc) is 2.60. The van der Waals surface area contributed by atoms with Crippen LogP contribution in [0.5, 0.6) is 0 Å². The molecule has 1 aliphatic heterocycles. The van der Waals surface area contributed by atoms with Crippen molar-refractivity contribution in [3.05, 3.63) is 35.1 Å². The normalized spacial score (nSPS) is 15.5. The summed E-state index contributed by atoms with van der Waals surface area (Å²) in [5.74, 6) is 1.40. The molecule has 3 rings (SSSR count). The lowest BCUT2D eigenvalue weighted by molar-refractivity contribution is 0.270. The van der Waals surface area contributed by atoms with E-state index in [-0.39, 0.29) is 0 Å². The molecular weight excluding hydrogens is 324 g/mol. The lowest BCUT2D eigenvalue weighted by Crippen LogP contribution is -2.46. The van der Waals surface area contributed by atoms with Gasteiger partial charge in [0.2, 0.25) is 0 Å². The van der Waals surface area contributed by atoms with Gasteiger partial charge in [-0.25, -0.2) is 9.97 Å². The standard InChI is InChI=1S/C17H23ClN6/c1-3-23-6-8-24(9-7-23)17-15(19)16(20-11-21-17)22-13-5-4-12(2)14(18)10-13/h4-5,10-11H,3,6-9,19H2,1-2H3,(H,20,21,22). The van der Waals surface area contributed by atoms with Crippen molar-refractivity contribution in [2.45, 2.75) is 13.8 Å². The molecule has 1 saturated heterocycles. The van der Waals surface area contributed by atoms with E-state index in [9.17, 15) is 0 Å². The molecule has 0 unspecified atom stereocenters. The highest BCUT2D eigenvalue weighted by Gasteiger charge is 2.20. The Labute approximate surface area is 147 Å². The third kappa shape index (κ3) is 3.55. The number of piperazine rings is 1. The van der Waals surface area contributed by atoms with Gasteiger partial charge in [0.25, 0.3) is 0 Å². The van der Waals surface area contributed by atoms with E-state index < -0.39 is 0 Å². The van der Waals surface area contributed by atoms with Crippen LogP contribution in [0.15, 0.2) is 24.5 Å². The van der Waals surface area contributed by atoms with Gasteiger partial charge in [-0.15, -0.1) is 0 Å². The van der Waals surface area contributed by atoms with Gasteiger partial charge in [0, 0.05) is 36.9 Å². The highest BCUT2D eigenvalue weighted by atomic mass is 35.5. The van der Waals surface area contributed by atoms with Gasteiger partial charge in [-0.3, -0.25) is 0 Å². The van der Waals surface area contributed by atoms with E-state index in [1.807, 2.05) is 25.1 Å². The van der Waals surface area contributed by atoms with Crippen LogP contribution < -0.4 is 16.0 Å². The first-order valence-electron chi connectivity index (χ1n) is 8.19. The van der Waals surface area contributed by atoms with Crippen LogP contribution in [0.25, 0.3) is 0 Å². The molecule has 2 heterocycles. The number of aromatic nitrogens is 2. The molecule has 1 aliphatic rings. The molecule has 0 aliphatic carbocycles. The maximum atomic E-state index is 6.32. The summed E-state index contributed by atoms with van der Waals surface area (Å²) in [7, 11) is 0. The molecular formula is C17H23ClN6. The van der Waals surface area contributed by atoms with E-state index in [1.54, 1.807) is 6.33 Å². The first-order valence-corrected chi connectivity index (χ1v) is 8.57. The monoisotopic (exact) mass is 346 g/mol. The summed E-state index contributed by atoms with van der Waals surface area (Å²) in [6, 6.07) is 5.80. The molecule has 0 radical (unpaired) electrons. The average molecular weight is 347 g/mol. The van der Waals surface area contributed by atoms with Crippen molar-refractivity contribution in [3.8, 4) is 0 Å². The molecule has 1 aromatic carbocycles. The second kappa shape index (κ2) is 7.23. The van der Waals surface area contributed by atoms with Crippen LogP contribution in [0.2, 0.25) is 5.02 Å². The van der Waals surface area contributed by atoms with Gasteiger partial charge < -0.3 is 20.9 Å². The van der Waals surface area contributed by atoms with E-state index in [0.29, 0.717) is 16.5 Å². The Balaban J connectivity index is 1.79. The van der Waals surface area contributed by atoms with Gasteiger partial charge >= 0.3 is 0 Å². The zero-order chi connectivity index (χ0) is 17.1. The number of aryl methyl sites for hydroxylation is 1. The van der Waals surface area contributed by atoms with Gasteiger partial charge in [0.15, 0.2) is 11.6 Å². The molecule has 0 atom stereocenters. The molecule has 0 spiro atoms. The molecule has 24 heavy (non-hydrogen) atoms. The zero-order valence-electron chi connectivity index (χ0n) is 14.1. The largest absolute Gasteiger partial charge is 0.393 e. The minimum Gasteiger partial charge on any atom is -0.393 e. The molecule has 1 fully saturated rings. The summed E-state index contributed by atoms with van der Waals surface area (Å²) in [5.41, 5.74) is 8.78. The summed E-state index contributed by atoms with van der Waals surface area (Å²) in [5, 5.41) is 3.95. The number of nitrogens with two attached hydrogens (primary N) is 1. The van der Waals surface area contributed by atoms with Crippen molar-refractivity contribution in [3.63, 3.8) is 0 Å². The number of hydrogen-bond donors (Lipinski definition) is 2. The number of nitrogen functional groups attached to an aromatic ring is 1. The molecule has 0 amide bonds. The lowest BCUT2D eigenvalue weighted by atomic mass is 10.2. The second-order valence-electron chi connectivity index (χ2n) is 5.97. The number of nitrogens with zero attached hydrogens (tertiary/aromatic N) is 4. The molecule has 3 N–H and O–H groups in total. The van der Waals surface area contributed by atoms with Gasteiger partial charge in [-0.05, 0) is 31.2 Å². The predicted octanol–water partition coefficient (Wildman–Crippen LogP) is 2.91. The maximum Gasteiger partial charge on any atom is 0.159 e. The van der Waals surface area contributed by atoms with Crippen LogP contribution in [0, 0.1) is 6.92 Å². The minimum absolute atomic E-state index is 0.569. The summed E-state index contributed by atoms with van der Waals surface area (Å²) >= 11 is 6.18. The molecule has 128 valence electrons. The molecule has 1 aromatic heterocycles. The summed E-state index contributed by atoms with van der Waals surface area (Å²) in [4.78, 5) is 13.3. The van der Waals surface area contributed by atoms with Crippen LogP contribution in [0.1, 0.15) is 12.5 Å². The van der Waals surface area contributed by atoms with E-state index in [1.165, 1.54) is 0 Å². The number of nitrogens with one attached hydrogen (secondary N) is 1. The number of hydrogen-bond acceptors (Lipinski definition) is 6. The summed E-state index contributed by atoms with van der Waals surface area (Å²) < 4.78 is 0.